The lowest BCUT2D eigenvalue weighted by atomic mass is 9.37. The molecular formula is C22H28O6. The minimum absolute atomic E-state index is 0.0775. The average Bonchev–Trinajstić information content (AvgIpc) is 2.82. The number of hydrogen-bond donors (Lipinski definition) is 1. The average molecular weight is 388 g/mol. The predicted molar refractivity (Wildman–Crippen MR) is 98.0 cm³/mol. The van der Waals surface area contributed by atoms with Gasteiger partial charge in [0.1, 0.15) is 18.0 Å². The lowest BCUT2D eigenvalue weighted by molar-refractivity contribution is -0.275. The number of ether oxygens (including phenoxy) is 2. The fourth-order valence-corrected chi connectivity index (χ4v) is 7.86. The fourth-order valence-electron chi connectivity index (χ4n) is 7.86. The molecule has 6 nitrogen and oxygen atoms in total. The number of carbonyl (C=O) groups is 3. The Hall–Kier alpha value is -1.53. The molecule has 4 saturated carbocycles. The molecule has 6 unspecified atom stereocenters. The van der Waals surface area contributed by atoms with Gasteiger partial charge in [0.25, 0.3) is 0 Å². The Kier molecular flexibility index (Phi) is 3.52. The Morgan fingerprint density at radius 3 is 2.61 bits per heavy atom. The summed E-state index contributed by atoms with van der Waals surface area (Å²) in [6.07, 6.45) is 0.0162. The summed E-state index contributed by atoms with van der Waals surface area (Å²) in [6.45, 7) is 9.73. The third-order valence-electron chi connectivity index (χ3n) is 8.89. The van der Waals surface area contributed by atoms with Crippen LogP contribution in [0.2, 0.25) is 0 Å². The lowest BCUT2D eigenvalue weighted by Crippen LogP contribution is -2.77. The lowest BCUT2D eigenvalue weighted by Gasteiger charge is -2.68. The number of hydrogen-bond acceptors (Lipinski definition) is 6. The van der Waals surface area contributed by atoms with Crippen LogP contribution in [-0.2, 0) is 23.9 Å². The van der Waals surface area contributed by atoms with Gasteiger partial charge in [-0.05, 0) is 42.1 Å². The molecule has 6 aliphatic rings. The number of ketones is 2. The molecule has 4 aliphatic carbocycles. The normalized spacial score (nSPS) is 50.9. The van der Waals surface area contributed by atoms with E-state index in [9.17, 15) is 19.5 Å². The molecule has 0 radical (unpaired) electrons. The Morgan fingerprint density at radius 2 is 1.96 bits per heavy atom. The quantitative estimate of drug-likeness (QED) is 0.545. The van der Waals surface area contributed by atoms with Crippen LogP contribution in [0.3, 0.4) is 0 Å². The highest BCUT2D eigenvalue weighted by molar-refractivity contribution is 5.98. The summed E-state index contributed by atoms with van der Waals surface area (Å²) in [5.41, 5.74) is -1.70. The number of esters is 1. The second-order valence-electron chi connectivity index (χ2n) is 10.2. The van der Waals surface area contributed by atoms with E-state index in [2.05, 4.69) is 6.58 Å². The molecule has 6 rings (SSSR count). The molecule has 4 bridgehead atoms. The summed E-state index contributed by atoms with van der Waals surface area (Å²) >= 11 is 0. The van der Waals surface area contributed by atoms with E-state index in [0.717, 1.165) is 12.0 Å². The molecule has 2 heterocycles. The second-order valence-corrected chi connectivity index (χ2v) is 10.2. The van der Waals surface area contributed by atoms with Gasteiger partial charge in [0, 0.05) is 19.3 Å². The molecular weight excluding hydrogens is 360 g/mol. The minimum Gasteiger partial charge on any atom is -0.457 e. The predicted octanol–water partition coefficient (Wildman–Crippen LogP) is 1.83. The number of rotatable bonds is 1. The first-order valence-electron chi connectivity index (χ1n) is 10.3. The van der Waals surface area contributed by atoms with E-state index >= 15 is 0 Å². The highest BCUT2D eigenvalue weighted by Crippen LogP contribution is 2.72. The van der Waals surface area contributed by atoms with Gasteiger partial charge in [0.2, 0.25) is 0 Å². The van der Waals surface area contributed by atoms with Crippen LogP contribution in [0, 0.1) is 34.0 Å². The molecule has 2 saturated heterocycles. The van der Waals surface area contributed by atoms with Crippen molar-refractivity contribution in [1.82, 2.24) is 0 Å². The molecule has 6 heteroatoms. The number of fused-ring (bicyclic) bond motifs is 3. The van der Waals surface area contributed by atoms with E-state index in [1.165, 1.54) is 6.92 Å². The van der Waals surface area contributed by atoms with Gasteiger partial charge in [-0.3, -0.25) is 14.4 Å². The van der Waals surface area contributed by atoms with Gasteiger partial charge in [-0.1, -0.05) is 20.4 Å². The molecule has 6 fully saturated rings. The minimum atomic E-state index is -1.26. The van der Waals surface area contributed by atoms with Crippen molar-refractivity contribution >= 4 is 17.5 Å². The van der Waals surface area contributed by atoms with Gasteiger partial charge >= 0.3 is 5.97 Å². The largest absolute Gasteiger partial charge is 0.457 e. The first-order valence-corrected chi connectivity index (χ1v) is 10.3. The van der Waals surface area contributed by atoms with Gasteiger partial charge in [0.15, 0.2) is 5.78 Å². The Morgan fingerprint density at radius 1 is 1.25 bits per heavy atom. The highest BCUT2D eigenvalue weighted by atomic mass is 16.5. The Labute approximate surface area is 164 Å². The van der Waals surface area contributed by atoms with Crippen LogP contribution in [-0.4, -0.2) is 47.6 Å². The summed E-state index contributed by atoms with van der Waals surface area (Å²) in [7, 11) is 0. The van der Waals surface area contributed by atoms with Crippen molar-refractivity contribution in [2.24, 2.45) is 34.0 Å². The van der Waals surface area contributed by atoms with Crippen LogP contribution in [0.5, 0.6) is 0 Å². The fraction of sp³-hybridized carbons (Fsp3) is 0.773. The molecule has 28 heavy (non-hydrogen) atoms. The molecule has 2 aliphatic heterocycles. The molecule has 2 spiro atoms. The maximum absolute atomic E-state index is 13.8. The van der Waals surface area contributed by atoms with Crippen LogP contribution >= 0.6 is 0 Å². The molecule has 0 amide bonds. The summed E-state index contributed by atoms with van der Waals surface area (Å²) < 4.78 is 11.8. The maximum Gasteiger partial charge on any atom is 0.303 e. The van der Waals surface area contributed by atoms with E-state index in [1.54, 1.807) is 0 Å². The third-order valence-corrected chi connectivity index (χ3v) is 8.89. The third kappa shape index (κ3) is 1.80. The first kappa shape index (κ1) is 18.5. The SMILES string of the molecule is C=C1C2CCC3[C@](C2)(C(=O)C(O)C2C(C)(C)C4CC(=O)[C@]23CO4)C1OC(C)=O. The van der Waals surface area contributed by atoms with Gasteiger partial charge < -0.3 is 14.6 Å². The Balaban J connectivity index is 1.73. The number of carbonyl (C=O) groups excluding carboxylic acids is 3. The summed E-state index contributed by atoms with van der Waals surface area (Å²) in [6, 6.07) is 0. The monoisotopic (exact) mass is 388 g/mol. The molecule has 1 N–H and O–H groups in total. The molecule has 0 aromatic carbocycles. The van der Waals surface area contributed by atoms with Crippen molar-refractivity contribution < 1.29 is 29.0 Å². The van der Waals surface area contributed by atoms with Crippen LogP contribution < -0.4 is 0 Å². The smallest absolute Gasteiger partial charge is 0.303 e. The van der Waals surface area contributed by atoms with Crippen molar-refractivity contribution in [2.45, 2.75) is 64.8 Å². The highest BCUT2D eigenvalue weighted by Gasteiger charge is 2.79. The zero-order valence-electron chi connectivity index (χ0n) is 16.7. The van der Waals surface area contributed by atoms with E-state index in [-0.39, 0.29) is 36.1 Å². The van der Waals surface area contributed by atoms with Crippen molar-refractivity contribution in [1.29, 1.82) is 0 Å². The standard InChI is InChI=1S/C22H28O6/c1-10-12-5-6-13-21(8-12,19(10)28-11(2)23)18(26)16(25)17-20(3,4)15-7-14(24)22(13,17)9-27-15/h12-13,15-17,19,25H,1,5-9H2,2-4H3/t12?,13?,15?,16?,17?,19?,21-,22-/m1/s1. The van der Waals surface area contributed by atoms with Crippen molar-refractivity contribution in [2.75, 3.05) is 6.61 Å². The van der Waals surface area contributed by atoms with Crippen LogP contribution in [0.4, 0.5) is 0 Å². The van der Waals surface area contributed by atoms with Crippen molar-refractivity contribution in [3.05, 3.63) is 12.2 Å². The Bertz CT molecular complexity index is 814. The topological polar surface area (TPSA) is 89.9 Å². The van der Waals surface area contributed by atoms with Gasteiger partial charge in [0.05, 0.1) is 23.5 Å². The van der Waals surface area contributed by atoms with Gasteiger partial charge in [-0.2, -0.15) is 0 Å². The van der Waals surface area contributed by atoms with E-state index in [1.807, 2.05) is 13.8 Å². The van der Waals surface area contributed by atoms with Crippen molar-refractivity contribution in [3.63, 3.8) is 0 Å². The zero-order valence-corrected chi connectivity index (χ0v) is 16.7. The summed E-state index contributed by atoms with van der Waals surface area (Å²) in [5, 5.41) is 11.3. The first-order chi connectivity index (χ1) is 13.1. The van der Waals surface area contributed by atoms with Crippen molar-refractivity contribution in [3.8, 4) is 0 Å². The molecule has 152 valence electrons. The maximum atomic E-state index is 13.8. The van der Waals surface area contributed by atoms with Gasteiger partial charge in [-0.25, -0.2) is 0 Å². The van der Waals surface area contributed by atoms with Crippen LogP contribution in [0.1, 0.15) is 46.5 Å². The van der Waals surface area contributed by atoms with Crippen LogP contribution in [0.15, 0.2) is 12.2 Å². The molecule has 0 aromatic heterocycles. The van der Waals surface area contributed by atoms with E-state index < -0.39 is 40.3 Å². The van der Waals surface area contributed by atoms with Gasteiger partial charge in [-0.15, -0.1) is 0 Å². The second kappa shape index (κ2) is 5.33. The number of aliphatic hydroxyl groups is 1. The number of aliphatic hydroxyl groups excluding tert-OH is 1. The zero-order chi connectivity index (χ0) is 20.2. The molecule has 0 aromatic rings. The molecule has 8 atom stereocenters. The number of Topliss-reactive ketones (excluding diaryl/α,β-unsaturated/α-hetero) is 2. The van der Waals surface area contributed by atoms with Crippen LogP contribution in [0.25, 0.3) is 0 Å². The summed E-state index contributed by atoms with van der Waals surface area (Å²) in [5.74, 6) is -1.32. The van der Waals surface area contributed by atoms with E-state index in [4.69, 9.17) is 9.47 Å². The summed E-state index contributed by atoms with van der Waals surface area (Å²) in [4.78, 5) is 39.1. The van der Waals surface area contributed by atoms with E-state index in [0.29, 0.717) is 19.3 Å².